The van der Waals surface area contributed by atoms with Crippen molar-refractivity contribution in [1.29, 1.82) is 0 Å². The van der Waals surface area contributed by atoms with Crippen molar-refractivity contribution in [1.82, 2.24) is 10.3 Å². The topological polar surface area (TPSA) is 76.4 Å². The van der Waals surface area contributed by atoms with E-state index in [4.69, 9.17) is 10.2 Å². The minimum absolute atomic E-state index is 0. The van der Waals surface area contributed by atoms with E-state index in [0.29, 0.717) is 24.4 Å². The number of guanidine groups is 1. The lowest BCUT2D eigenvalue weighted by Gasteiger charge is -2.15. The lowest BCUT2D eigenvalue weighted by molar-refractivity contribution is 0.383. The van der Waals surface area contributed by atoms with Crippen LogP contribution in [0.1, 0.15) is 72.5 Å². The van der Waals surface area contributed by atoms with E-state index >= 15 is 0 Å². The molecule has 134 valence electrons. The van der Waals surface area contributed by atoms with Crippen LogP contribution in [0.15, 0.2) is 15.6 Å². The quantitative estimate of drug-likeness (QED) is 0.382. The third kappa shape index (κ3) is 9.17. The van der Waals surface area contributed by atoms with Gasteiger partial charge in [0, 0.05) is 11.5 Å². The van der Waals surface area contributed by atoms with Crippen molar-refractivity contribution in [2.24, 2.45) is 16.6 Å². The maximum absolute atomic E-state index is 5.92. The predicted octanol–water partition coefficient (Wildman–Crippen LogP) is 4.21. The van der Waals surface area contributed by atoms with E-state index in [2.05, 4.69) is 56.8 Å². The smallest absolute Gasteiger partial charge is 0.216 e. The van der Waals surface area contributed by atoms with E-state index in [1.165, 1.54) is 12.8 Å². The second kappa shape index (κ2) is 10.2. The van der Waals surface area contributed by atoms with Gasteiger partial charge in [-0.25, -0.2) is 9.98 Å². The van der Waals surface area contributed by atoms with Crippen molar-refractivity contribution < 1.29 is 4.42 Å². The van der Waals surface area contributed by atoms with Gasteiger partial charge in [-0.05, 0) is 19.3 Å². The second-order valence-electron chi connectivity index (χ2n) is 7.44. The van der Waals surface area contributed by atoms with Crippen LogP contribution in [0, 0.1) is 5.92 Å². The van der Waals surface area contributed by atoms with Gasteiger partial charge in [-0.2, -0.15) is 0 Å². The Morgan fingerprint density at radius 2 is 1.96 bits per heavy atom. The molecule has 0 bridgehead atoms. The second-order valence-corrected chi connectivity index (χ2v) is 7.44. The van der Waals surface area contributed by atoms with E-state index in [-0.39, 0.29) is 29.4 Å². The Morgan fingerprint density at radius 3 is 2.48 bits per heavy atom. The molecule has 0 saturated heterocycles. The first-order valence-electron chi connectivity index (χ1n) is 8.20. The van der Waals surface area contributed by atoms with Gasteiger partial charge in [-0.1, -0.05) is 47.5 Å². The minimum Gasteiger partial charge on any atom is -0.443 e. The number of aromatic nitrogens is 1. The zero-order valence-corrected chi connectivity index (χ0v) is 17.7. The SMILES string of the molecule is CC(C)CCCC(C)NC(N)=NCc1ncc(C(C)(C)C)o1.I. The summed E-state index contributed by atoms with van der Waals surface area (Å²) < 4.78 is 5.69. The van der Waals surface area contributed by atoms with Crippen LogP contribution in [0.2, 0.25) is 0 Å². The zero-order valence-electron chi connectivity index (χ0n) is 15.3. The lowest BCUT2D eigenvalue weighted by Crippen LogP contribution is -2.38. The number of halogens is 1. The molecule has 6 heteroatoms. The Bertz CT molecular complexity index is 477. The van der Waals surface area contributed by atoms with Crippen LogP contribution in [0.4, 0.5) is 0 Å². The average Bonchev–Trinajstić information content (AvgIpc) is 2.84. The lowest BCUT2D eigenvalue weighted by atomic mass is 9.94. The summed E-state index contributed by atoms with van der Waals surface area (Å²) in [5.41, 5.74) is 5.88. The van der Waals surface area contributed by atoms with E-state index < -0.39 is 0 Å². The summed E-state index contributed by atoms with van der Waals surface area (Å²) in [4.78, 5) is 8.55. The highest BCUT2D eigenvalue weighted by Gasteiger charge is 2.18. The molecule has 1 heterocycles. The summed E-state index contributed by atoms with van der Waals surface area (Å²) in [7, 11) is 0. The highest BCUT2D eigenvalue weighted by molar-refractivity contribution is 14.0. The van der Waals surface area contributed by atoms with Gasteiger partial charge in [0.15, 0.2) is 5.96 Å². The number of oxazole rings is 1. The number of nitrogens with zero attached hydrogens (tertiary/aromatic N) is 2. The number of hydrogen-bond donors (Lipinski definition) is 2. The van der Waals surface area contributed by atoms with Crippen molar-refractivity contribution in [2.45, 2.75) is 78.8 Å². The van der Waals surface area contributed by atoms with Crippen LogP contribution in [0.25, 0.3) is 0 Å². The van der Waals surface area contributed by atoms with Crippen molar-refractivity contribution in [3.05, 3.63) is 17.8 Å². The van der Waals surface area contributed by atoms with Crippen LogP contribution in [0.3, 0.4) is 0 Å². The molecule has 0 aromatic carbocycles. The van der Waals surface area contributed by atoms with Gasteiger partial charge >= 0.3 is 0 Å². The van der Waals surface area contributed by atoms with Crippen LogP contribution in [0.5, 0.6) is 0 Å². The third-order valence-electron chi connectivity index (χ3n) is 3.49. The summed E-state index contributed by atoms with van der Waals surface area (Å²) in [5.74, 6) is 2.67. The monoisotopic (exact) mass is 436 g/mol. The highest BCUT2D eigenvalue weighted by atomic mass is 127. The normalized spacial score (nSPS) is 13.8. The van der Waals surface area contributed by atoms with Gasteiger partial charge in [-0.15, -0.1) is 24.0 Å². The van der Waals surface area contributed by atoms with Crippen LogP contribution < -0.4 is 11.1 Å². The van der Waals surface area contributed by atoms with Crippen molar-refractivity contribution in [2.75, 3.05) is 0 Å². The summed E-state index contributed by atoms with van der Waals surface area (Å²) >= 11 is 0. The Morgan fingerprint density at radius 1 is 1.30 bits per heavy atom. The first-order chi connectivity index (χ1) is 10.2. The number of hydrogen-bond acceptors (Lipinski definition) is 3. The van der Waals surface area contributed by atoms with E-state index in [1.54, 1.807) is 6.20 Å². The Balaban J connectivity index is 0.00000484. The first-order valence-corrected chi connectivity index (χ1v) is 8.20. The van der Waals surface area contributed by atoms with Crippen molar-refractivity contribution in [3.8, 4) is 0 Å². The van der Waals surface area contributed by atoms with Crippen LogP contribution in [-0.2, 0) is 12.0 Å². The molecular weight excluding hydrogens is 403 g/mol. The van der Waals surface area contributed by atoms with Crippen LogP contribution in [-0.4, -0.2) is 17.0 Å². The molecule has 0 radical (unpaired) electrons. The van der Waals surface area contributed by atoms with Crippen LogP contribution >= 0.6 is 24.0 Å². The van der Waals surface area contributed by atoms with Crippen molar-refractivity contribution >= 4 is 29.9 Å². The van der Waals surface area contributed by atoms with Gasteiger partial charge < -0.3 is 15.5 Å². The third-order valence-corrected chi connectivity index (χ3v) is 3.49. The summed E-state index contributed by atoms with van der Waals surface area (Å²) in [6.07, 6.45) is 5.31. The Hall–Kier alpha value is -0.790. The molecule has 1 aromatic heterocycles. The molecule has 0 spiro atoms. The molecular formula is C17H33IN4O. The summed E-state index contributed by atoms with van der Waals surface area (Å²) in [5, 5.41) is 3.22. The molecule has 1 rings (SSSR count). The molecule has 0 amide bonds. The maximum atomic E-state index is 5.92. The Labute approximate surface area is 157 Å². The fraction of sp³-hybridized carbons (Fsp3) is 0.765. The van der Waals surface area contributed by atoms with E-state index in [0.717, 1.165) is 18.1 Å². The molecule has 3 N–H and O–H groups in total. The number of nitrogens with two attached hydrogens (primary N) is 1. The highest BCUT2D eigenvalue weighted by Crippen LogP contribution is 2.22. The molecule has 0 aliphatic rings. The van der Waals surface area contributed by atoms with Gasteiger partial charge in [-0.3, -0.25) is 0 Å². The molecule has 0 aliphatic carbocycles. The van der Waals surface area contributed by atoms with Gasteiger partial charge in [0.25, 0.3) is 0 Å². The maximum Gasteiger partial charge on any atom is 0.216 e. The van der Waals surface area contributed by atoms with Gasteiger partial charge in [0.1, 0.15) is 12.3 Å². The van der Waals surface area contributed by atoms with E-state index in [9.17, 15) is 0 Å². The summed E-state index contributed by atoms with van der Waals surface area (Å²) in [6, 6.07) is 0.331. The number of nitrogens with one attached hydrogen (secondary N) is 1. The molecule has 0 saturated carbocycles. The molecule has 1 atom stereocenters. The largest absolute Gasteiger partial charge is 0.443 e. The zero-order chi connectivity index (χ0) is 16.8. The van der Waals surface area contributed by atoms with Gasteiger partial charge in [0.05, 0.1) is 6.20 Å². The molecule has 0 fully saturated rings. The van der Waals surface area contributed by atoms with Crippen molar-refractivity contribution in [3.63, 3.8) is 0 Å². The number of rotatable bonds is 7. The Kier molecular flexibility index (Phi) is 9.80. The standard InChI is InChI=1S/C17H32N4O.HI/c1-12(2)8-7-9-13(3)21-16(18)20-11-15-19-10-14(22-15)17(4,5)6;/h10,12-13H,7-9,11H2,1-6H3,(H3,18,20,21);1H. The fourth-order valence-electron chi connectivity index (χ4n) is 2.09. The van der Waals surface area contributed by atoms with E-state index in [1.807, 2.05) is 0 Å². The predicted molar refractivity (Wildman–Crippen MR) is 107 cm³/mol. The first kappa shape index (κ1) is 22.2. The minimum atomic E-state index is -0.0380. The fourth-order valence-corrected chi connectivity index (χ4v) is 2.09. The molecule has 1 aromatic rings. The average molecular weight is 436 g/mol. The number of aliphatic imine (C=N–C) groups is 1. The van der Waals surface area contributed by atoms with Gasteiger partial charge in [0.2, 0.25) is 5.89 Å². The summed E-state index contributed by atoms with van der Waals surface area (Å²) in [6.45, 7) is 13.3. The molecule has 1 unspecified atom stereocenters. The molecule has 23 heavy (non-hydrogen) atoms. The molecule has 5 nitrogen and oxygen atoms in total. The molecule has 0 aliphatic heterocycles.